The fourth-order valence-electron chi connectivity index (χ4n) is 7.26. The summed E-state index contributed by atoms with van der Waals surface area (Å²) in [5, 5.41) is 27.9. The third-order valence-electron chi connectivity index (χ3n) is 11.6. The number of rotatable bonds is 20. The molecule has 0 spiro atoms. The van der Waals surface area contributed by atoms with E-state index in [1.807, 2.05) is 0 Å². The van der Waals surface area contributed by atoms with Crippen LogP contribution in [0.5, 0.6) is 5.75 Å². The van der Waals surface area contributed by atoms with Crippen LogP contribution in [-0.4, -0.2) is 145 Å². The number of urea groups is 1. The van der Waals surface area contributed by atoms with Gasteiger partial charge in [0.25, 0.3) is 0 Å². The minimum absolute atomic E-state index is 0.0119. The quantitative estimate of drug-likeness (QED) is 0.0570. The van der Waals surface area contributed by atoms with E-state index in [2.05, 4.69) is 53.1 Å². The minimum atomic E-state index is -1.83. The Morgan fingerprint density at radius 1 is 0.899 bits per heavy atom. The number of primary amides is 2. The average Bonchev–Trinajstić information content (AvgIpc) is 3.28. The molecule has 0 aliphatic carbocycles. The Kier molecular flexibility index (Phi) is 24.9. The molecule has 24 heteroatoms. The van der Waals surface area contributed by atoms with Gasteiger partial charge in [-0.1, -0.05) is 47.1 Å². The average molecular weight is 1040 g/mol. The number of aliphatic hydroxyl groups is 1. The number of esters is 1. The zero-order valence-electron chi connectivity index (χ0n) is 40.6. The second-order valence-corrected chi connectivity index (χ2v) is 18.2. The van der Waals surface area contributed by atoms with Gasteiger partial charge in [0.05, 0.1) is 11.6 Å². The third kappa shape index (κ3) is 18.8. The summed E-state index contributed by atoms with van der Waals surface area (Å²) in [5.41, 5.74) is 11.2. The van der Waals surface area contributed by atoms with Crippen LogP contribution in [0, 0.1) is 11.8 Å². The van der Waals surface area contributed by atoms with Gasteiger partial charge in [0.15, 0.2) is 0 Å². The minimum Gasteiger partial charge on any atom is -0.496 e. The zero-order chi connectivity index (χ0) is 52.1. The molecule has 23 nitrogen and oxygen atoms in total. The van der Waals surface area contributed by atoms with Crippen molar-refractivity contribution >= 4 is 75.2 Å². The third-order valence-corrected chi connectivity index (χ3v) is 12.2. The molecule has 1 aromatic carbocycles. The molecule has 1 heterocycles. The molecule has 12 N–H and O–H groups in total. The SMILES string of the molecule is CCCC(=O)N[C@@H](CCC(N)=O)C(=O)N[C@@H]1C(=O)N[C@@H](CCCNC(N)=O)C(=O)N[C@@H](CCO)C(=O)N[C@@H]([C@@H](C)CC)C(=O)N(C)[C@@H](Cc2ccc(OC)c(Br)c2)C(=O)N[C@@H](C(C)C)C(=O)O[C@@H]1C. The molecular weight excluding hydrogens is 968 g/mol. The molecule has 1 aliphatic rings. The number of aliphatic hydroxyl groups excluding tert-OH is 1. The molecule has 1 aromatic rings. The van der Waals surface area contributed by atoms with Crippen LogP contribution in [-0.2, 0) is 54.3 Å². The highest BCUT2D eigenvalue weighted by Crippen LogP contribution is 2.27. The van der Waals surface area contributed by atoms with Crippen molar-refractivity contribution in [1.82, 2.24) is 42.1 Å². The van der Waals surface area contributed by atoms with E-state index in [0.717, 1.165) is 4.90 Å². The monoisotopic (exact) mass is 1040 g/mol. The Morgan fingerprint density at radius 2 is 1.52 bits per heavy atom. The van der Waals surface area contributed by atoms with E-state index in [9.17, 15) is 53.1 Å². The Balaban J connectivity index is 2.88. The maximum atomic E-state index is 14.6. The lowest BCUT2D eigenvalue weighted by molar-refractivity contribution is -0.157. The smallest absolute Gasteiger partial charge is 0.329 e. The first-order chi connectivity index (χ1) is 32.5. The number of hydrogen-bond acceptors (Lipinski definition) is 13. The standard InChI is InChI=1S/C45H71BrN10O13/c1-9-12-34(59)50-29(15-17-33(47)58)39(61)55-37-25(6)69-44(66)35(23(3)4)53-41(63)31(22-26-14-16-32(68-8)27(46)21-26)56(7)43(65)36(24(5)10-2)54-40(62)30(18-20-57)51-38(60)28(52-42(37)64)13-11-19-49-45(48)67/h14,16,21,23-25,28-31,35-37,57H,9-13,15,17-20,22H2,1-8H3,(H2,47,58)(H,50,59)(H,51,60)(H,52,64)(H,53,63)(H,54,62)(H,55,61)(H3,48,49,67)/t24-,25+,28-,29-,30-,31-,35-,36-,37-/m0/s1. The predicted octanol–water partition coefficient (Wildman–Crippen LogP) is -0.720. The highest BCUT2D eigenvalue weighted by molar-refractivity contribution is 9.10. The van der Waals surface area contributed by atoms with Gasteiger partial charge in [-0.15, -0.1) is 0 Å². The molecule has 1 fully saturated rings. The van der Waals surface area contributed by atoms with E-state index in [-0.39, 0.29) is 51.5 Å². The normalized spacial score (nSPS) is 23.1. The van der Waals surface area contributed by atoms with Crippen molar-refractivity contribution < 1.29 is 62.5 Å². The molecule has 0 unspecified atom stereocenters. The molecule has 1 saturated heterocycles. The second-order valence-electron chi connectivity index (χ2n) is 17.3. The van der Waals surface area contributed by atoms with Gasteiger partial charge in [-0.3, -0.25) is 38.4 Å². The van der Waals surface area contributed by atoms with Crippen LogP contribution in [0.4, 0.5) is 4.79 Å². The largest absolute Gasteiger partial charge is 0.496 e. The lowest BCUT2D eigenvalue weighted by Crippen LogP contribution is -2.62. The van der Waals surface area contributed by atoms with E-state index < -0.39 is 126 Å². The fourth-order valence-corrected chi connectivity index (χ4v) is 7.85. The number of likely N-dealkylation sites (N-methyl/N-ethyl adjacent to an activating group) is 1. The van der Waals surface area contributed by atoms with E-state index in [1.54, 1.807) is 52.8 Å². The van der Waals surface area contributed by atoms with Gasteiger partial charge in [-0.05, 0) is 84.5 Å². The number of nitrogens with zero attached hydrogens (tertiary/aromatic N) is 1. The zero-order valence-corrected chi connectivity index (χ0v) is 42.2. The van der Waals surface area contributed by atoms with Gasteiger partial charge in [0.1, 0.15) is 54.1 Å². The highest BCUT2D eigenvalue weighted by atomic mass is 79.9. The summed E-state index contributed by atoms with van der Waals surface area (Å²) >= 11 is 3.45. The van der Waals surface area contributed by atoms with E-state index in [0.29, 0.717) is 28.6 Å². The number of nitrogens with two attached hydrogens (primary N) is 2. The lowest BCUT2D eigenvalue weighted by Gasteiger charge is -2.35. The number of nitrogens with one attached hydrogen (secondary N) is 7. The molecule has 10 amide bonds. The summed E-state index contributed by atoms with van der Waals surface area (Å²) in [5.74, 6) is -8.54. The molecule has 0 bridgehead atoms. The number of carbonyl (C=O) groups excluding carboxylic acids is 10. The van der Waals surface area contributed by atoms with Crippen LogP contribution in [0.25, 0.3) is 0 Å². The highest BCUT2D eigenvalue weighted by Gasteiger charge is 2.41. The number of halogens is 1. The predicted molar refractivity (Wildman–Crippen MR) is 254 cm³/mol. The van der Waals surface area contributed by atoms with Crippen LogP contribution in [0.1, 0.15) is 98.5 Å². The number of hydrogen-bond donors (Lipinski definition) is 10. The van der Waals surface area contributed by atoms with Crippen molar-refractivity contribution in [3.8, 4) is 5.75 Å². The number of carbonyl (C=O) groups is 10. The van der Waals surface area contributed by atoms with Gasteiger partial charge in [0.2, 0.25) is 47.3 Å². The summed E-state index contributed by atoms with van der Waals surface area (Å²) < 4.78 is 11.8. The van der Waals surface area contributed by atoms with Crippen LogP contribution in [0.2, 0.25) is 0 Å². The molecule has 0 aromatic heterocycles. The lowest BCUT2D eigenvalue weighted by atomic mass is 9.95. The Labute approximate surface area is 410 Å². The second kappa shape index (κ2) is 29.1. The summed E-state index contributed by atoms with van der Waals surface area (Å²) in [4.78, 5) is 137. The van der Waals surface area contributed by atoms with Crippen molar-refractivity contribution in [2.24, 2.45) is 23.3 Å². The first kappa shape index (κ1) is 59.1. The van der Waals surface area contributed by atoms with Gasteiger partial charge in [0, 0.05) is 39.5 Å². The van der Waals surface area contributed by atoms with Gasteiger partial charge in [-0.2, -0.15) is 0 Å². The summed E-state index contributed by atoms with van der Waals surface area (Å²) in [6, 6.07) is -6.13. The molecule has 1 aliphatic heterocycles. The molecule has 2 rings (SSSR count). The maximum absolute atomic E-state index is 14.6. The molecule has 386 valence electrons. The number of benzene rings is 1. The Hall–Kier alpha value is -6.04. The Bertz CT molecular complexity index is 1990. The molecule has 9 atom stereocenters. The van der Waals surface area contributed by atoms with Gasteiger partial charge in [-0.25, -0.2) is 9.59 Å². The maximum Gasteiger partial charge on any atom is 0.329 e. The molecule has 69 heavy (non-hydrogen) atoms. The van der Waals surface area contributed by atoms with Crippen LogP contribution in [0.15, 0.2) is 22.7 Å². The topological polar surface area (TPSA) is 349 Å². The fraction of sp³-hybridized carbons (Fsp3) is 0.644. The van der Waals surface area contributed by atoms with Crippen LogP contribution >= 0.6 is 15.9 Å². The van der Waals surface area contributed by atoms with Gasteiger partial charge < -0.3 is 68.2 Å². The Morgan fingerprint density at radius 3 is 2.09 bits per heavy atom. The molecule has 0 radical (unpaired) electrons. The first-order valence-electron chi connectivity index (χ1n) is 23.0. The van der Waals surface area contributed by atoms with Crippen LogP contribution < -0.4 is 53.4 Å². The van der Waals surface area contributed by atoms with E-state index >= 15 is 0 Å². The first-order valence-corrected chi connectivity index (χ1v) is 23.8. The van der Waals surface area contributed by atoms with E-state index in [4.69, 9.17) is 20.9 Å². The summed E-state index contributed by atoms with van der Waals surface area (Å²) in [6.45, 7) is 9.02. The van der Waals surface area contributed by atoms with Crippen molar-refractivity contribution in [2.45, 2.75) is 148 Å². The number of ether oxygens (including phenoxy) is 2. The van der Waals surface area contributed by atoms with E-state index in [1.165, 1.54) is 21.1 Å². The van der Waals surface area contributed by atoms with Crippen molar-refractivity contribution in [2.75, 3.05) is 27.3 Å². The molecular formula is C45H71BrN10O13. The van der Waals surface area contributed by atoms with Crippen molar-refractivity contribution in [3.63, 3.8) is 0 Å². The number of methoxy groups -OCH3 is 1. The van der Waals surface area contributed by atoms with Gasteiger partial charge >= 0.3 is 12.0 Å². The summed E-state index contributed by atoms with van der Waals surface area (Å²) in [6.07, 6.45) is -2.05. The number of cyclic esters (lactones) is 1. The van der Waals surface area contributed by atoms with Crippen molar-refractivity contribution in [1.29, 1.82) is 0 Å². The van der Waals surface area contributed by atoms with Crippen molar-refractivity contribution in [3.05, 3.63) is 28.2 Å². The molecule has 0 saturated carbocycles. The van der Waals surface area contributed by atoms with Crippen LogP contribution in [0.3, 0.4) is 0 Å². The number of amides is 10. The summed E-state index contributed by atoms with van der Waals surface area (Å²) in [7, 11) is 2.85.